The lowest BCUT2D eigenvalue weighted by molar-refractivity contribution is -0.385. The van der Waals surface area contributed by atoms with Gasteiger partial charge < -0.3 is 20.7 Å². The van der Waals surface area contributed by atoms with Crippen LogP contribution in [0.3, 0.4) is 0 Å². The summed E-state index contributed by atoms with van der Waals surface area (Å²) in [6.45, 7) is 3.87. The predicted molar refractivity (Wildman–Crippen MR) is 220 cm³/mol. The average Bonchev–Trinajstić information content (AvgIpc) is 3.57. The molecule has 5 aromatic rings. The fourth-order valence-electron chi connectivity index (χ4n) is 6.50. The molecule has 1 aliphatic carbocycles. The molecule has 286 valence electrons. The van der Waals surface area contributed by atoms with E-state index in [1.165, 1.54) is 52.9 Å². The molecule has 0 saturated heterocycles. The van der Waals surface area contributed by atoms with Crippen LogP contribution in [0, 0.1) is 10.1 Å². The third kappa shape index (κ3) is 9.60. The van der Waals surface area contributed by atoms with Gasteiger partial charge in [-0.15, -0.1) is 23.1 Å². The molecule has 0 fully saturated rings. The summed E-state index contributed by atoms with van der Waals surface area (Å²) in [5.74, 6) is -1.68. The Hall–Kier alpha value is -6.05. The lowest BCUT2D eigenvalue weighted by Crippen LogP contribution is -2.30. The van der Waals surface area contributed by atoms with Gasteiger partial charge in [0.2, 0.25) is 5.91 Å². The van der Waals surface area contributed by atoms with Crippen molar-refractivity contribution in [1.29, 1.82) is 0 Å². The summed E-state index contributed by atoms with van der Waals surface area (Å²) in [5, 5.41) is 20.1. The average molecular weight is 789 g/mol. The van der Waals surface area contributed by atoms with Crippen LogP contribution in [-0.2, 0) is 27.2 Å². The minimum absolute atomic E-state index is 0.130. The Morgan fingerprint density at radius 1 is 0.929 bits per heavy atom. The molecule has 0 bridgehead atoms. The maximum Gasteiger partial charge on any atom is 0.341 e. The summed E-state index contributed by atoms with van der Waals surface area (Å²) >= 11 is 2.74. The quantitative estimate of drug-likeness (QED) is 0.0331. The molecule has 0 aliphatic heterocycles. The summed E-state index contributed by atoms with van der Waals surface area (Å²) in [7, 11) is 0. The van der Waals surface area contributed by atoms with Crippen LogP contribution in [0.15, 0.2) is 120 Å². The third-order valence-electron chi connectivity index (χ3n) is 9.25. The van der Waals surface area contributed by atoms with Gasteiger partial charge in [0.25, 0.3) is 17.5 Å². The van der Waals surface area contributed by atoms with Crippen LogP contribution in [0.2, 0.25) is 0 Å². The molecule has 56 heavy (non-hydrogen) atoms. The molecule has 0 saturated carbocycles. The molecule has 0 radical (unpaired) electrons. The van der Waals surface area contributed by atoms with Gasteiger partial charge in [-0.25, -0.2) is 4.79 Å². The summed E-state index contributed by atoms with van der Waals surface area (Å²) in [6.07, 6.45) is 4.09. The van der Waals surface area contributed by atoms with Gasteiger partial charge in [-0.3, -0.25) is 24.5 Å². The highest BCUT2D eigenvalue weighted by Gasteiger charge is 2.32. The normalized spacial score (nSPS) is 14.2. The zero-order valence-corrected chi connectivity index (χ0v) is 32.4. The zero-order valence-electron chi connectivity index (χ0n) is 30.8. The van der Waals surface area contributed by atoms with Crippen molar-refractivity contribution < 1.29 is 28.8 Å². The maximum atomic E-state index is 13.9. The van der Waals surface area contributed by atoms with Crippen molar-refractivity contribution in [2.45, 2.75) is 55.6 Å². The van der Waals surface area contributed by atoms with E-state index in [2.05, 4.69) is 28.1 Å². The summed E-state index contributed by atoms with van der Waals surface area (Å²) in [6, 6.07) is 31.4. The van der Waals surface area contributed by atoms with Crippen molar-refractivity contribution in [3.63, 3.8) is 0 Å². The Morgan fingerprint density at radius 2 is 1.64 bits per heavy atom. The van der Waals surface area contributed by atoms with Gasteiger partial charge in [-0.1, -0.05) is 73.7 Å². The lowest BCUT2D eigenvalue weighted by atomic mass is 9.83. The van der Waals surface area contributed by atoms with E-state index < -0.39 is 28.0 Å². The second-order valence-corrected chi connectivity index (χ2v) is 15.3. The standard InChI is InChI=1S/C43H40N4O7S2/c1-3-36(41(50)46-42-38(43(51)54-4-2)33-23-22-29(25-37(33)56-42)27-14-7-5-8-15-27)55-32-20-13-19-31(26-32)44-40(49)34(45-39(48)28-16-9-6-10-17-28)24-30-18-11-12-21-35(30)47(52)53/h5-21,24,26,29,36H,3-4,22-23,25H2,1-2H3,(H,44,49)(H,45,48)(H,46,50)/b34-24+. The highest BCUT2D eigenvalue weighted by Crippen LogP contribution is 2.43. The number of hydrogen-bond acceptors (Lipinski definition) is 9. The van der Waals surface area contributed by atoms with Crippen molar-refractivity contribution in [3.8, 4) is 0 Å². The minimum atomic E-state index is -0.706. The van der Waals surface area contributed by atoms with Crippen molar-refractivity contribution >= 4 is 69.2 Å². The number of amides is 3. The number of carbonyl (C=O) groups excluding carboxylic acids is 4. The minimum Gasteiger partial charge on any atom is -0.462 e. The molecule has 1 heterocycles. The number of rotatable bonds is 14. The van der Waals surface area contributed by atoms with Gasteiger partial charge in [0.15, 0.2) is 0 Å². The number of para-hydroxylation sites is 1. The Kier molecular flexibility index (Phi) is 13.1. The van der Waals surface area contributed by atoms with E-state index in [-0.39, 0.29) is 29.5 Å². The van der Waals surface area contributed by atoms with Crippen molar-refractivity contribution in [1.82, 2.24) is 5.32 Å². The molecule has 0 spiro atoms. The van der Waals surface area contributed by atoms with Gasteiger partial charge in [-0.2, -0.15) is 0 Å². The summed E-state index contributed by atoms with van der Waals surface area (Å²) in [4.78, 5) is 66.9. The van der Waals surface area contributed by atoms with E-state index >= 15 is 0 Å². The van der Waals surface area contributed by atoms with Gasteiger partial charge >= 0.3 is 5.97 Å². The highest BCUT2D eigenvalue weighted by atomic mass is 32.2. The number of fused-ring (bicyclic) bond motifs is 1. The molecule has 1 aromatic heterocycles. The highest BCUT2D eigenvalue weighted by molar-refractivity contribution is 8.00. The Morgan fingerprint density at radius 3 is 2.36 bits per heavy atom. The number of nitrogens with one attached hydrogen (secondary N) is 3. The van der Waals surface area contributed by atoms with Crippen molar-refractivity contribution in [2.75, 3.05) is 17.2 Å². The van der Waals surface area contributed by atoms with E-state index in [1.807, 2.05) is 31.2 Å². The first kappa shape index (κ1) is 39.6. The van der Waals surface area contributed by atoms with Crippen LogP contribution < -0.4 is 16.0 Å². The molecule has 11 nitrogen and oxygen atoms in total. The first-order chi connectivity index (χ1) is 27.1. The summed E-state index contributed by atoms with van der Waals surface area (Å²) < 4.78 is 5.44. The van der Waals surface area contributed by atoms with Crippen LogP contribution in [0.25, 0.3) is 6.08 Å². The SMILES string of the molecule is CCOC(=O)c1c(NC(=O)C(CC)Sc2cccc(NC(=O)/C(=C\c3ccccc3[N+](=O)[O-])NC(=O)c3ccccc3)c2)sc2c1CCC(c1ccccc1)C2. The Balaban J connectivity index is 1.19. The van der Waals surface area contributed by atoms with E-state index in [4.69, 9.17) is 4.74 Å². The fraction of sp³-hybridized carbons (Fsp3) is 0.209. The van der Waals surface area contributed by atoms with Crippen LogP contribution in [0.4, 0.5) is 16.4 Å². The summed E-state index contributed by atoms with van der Waals surface area (Å²) in [5.41, 5.74) is 2.98. The van der Waals surface area contributed by atoms with Crippen LogP contribution >= 0.6 is 23.1 Å². The predicted octanol–water partition coefficient (Wildman–Crippen LogP) is 9.02. The molecule has 13 heteroatoms. The largest absolute Gasteiger partial charge is 0.462 e. The molecular weight excluding hydrogens is 749 g/mol. The molecule has 3 N–H and O–H groups in total. The first-order valence-corrected chi connectivity index (χ1v) is 19.9. The molecule has 1 aliphatic rings. The number of hydrogen-bond donors (Lipinski definition) is 3. The topological polar surface area (TPSA) is 157 Å². The smallest absolute Gasteiger partial charge is 0.341 e. The zero-order chi connectivity index (χ0) is 39.6. The first-order valence-electron chi connectivity index (χ1n) is 18.2. The number of nitro benzene ring substituents is 1. The van der Waals surface area contributed by atoms with Crippen LogP contribution in [0.1, 0.15) is 74.9 Å². The number of anilines is 2. The molecule has 2 atom stereocenters. The molecule has 6 rings (SSSR count). The van der Waals surface area contributed by atoms with Crippen molar-refractivity contribution in [2.24, 2.45) is 0 Å². The number of thiophene rings is 1. The van der Waals surface area contributed by atoms with Gasteiger partial charge in [0, 0.05) is 27.1 Å². The Labute approximate surface area is 332 Å². The number of ether oxygens (including phenoxy) is 1. The van der Waals surface area contributed by atoms with E-state index in [9.17, 15) is 29.3 Å². The van der Waals surface area contributed by atoms with Crippen molar-refractivity contribution in [3.05, 3.63) is 158 Å². The van der Waals surface area contributed by atoms with E-state index in [0.717, 1.165) is 23.3 Å². The molecular formula is C43H40N4O7S2. The van der Waals surface area contributed by atoms with E-state index in [1.54, 1.807) is 61.5 Å². The van der Waals surface area contributed by atoms with Crippen LogP contribution in [-0.4, -0.2) is 40.5 Å². The van der Waals surface area contributed by atoms with Crippen LogP contribution in [0.5, 0.6) is 0 Å². The number of nitrogens with zero attached hydrogens (tertiary/aromatic N) is 1. The molecule has 2 unspecified atom stereocenters. The maximum absolute atomic E-state index is 13.9. The van der Waals surface area contributed by atoms with Gasteiger partial charge in [0.1, 0.15) is 10.7 Å². The van der Waals surface area contributed by atoms with Gasteiger partial charge in [0.05, 0.1) is 27.9 Å². The lowest BCUT2D eigenvalue weighted by Gasteiger charge is -2.23. The second kappa shape index (κ2) is 18.5. The molecule has 4 aromatic carbocycles. The third-order valence-corrected chi connectivity index (χ3v) is 11.8. The molecule has 3 amide bonds. The fourth-order valence-corrected chi connectivity index (χ4v) is 8.83. The second-order valence-electron chi connectivity index (χ2n) is 13.0. The van der Waals surface area contributed by atoms with E-state index in [0.29, 0.717) is 45.5 Å². The number of carbonyl (C=O) groups is 4. The number of esters is 1. The monoisotopic (exact) mass is 788 g/mol. The number of benzene rings is 4. The number of nitro groups is 1. The number of thioether (sulfide) groups is 1. The van der Waals surface area contributed by atoms with Gasteiger partial charge in [-0.05, 0) is 92.1 Å². The Bertz CT molecular complexity index is 2270.